The summed E-state index contributed by atoms with van der Waals surface area (Å²) in [5, 5.41) is 1.82. The molecular weight excluding hydrogens is 361 g/mol. The second-order valence-electron chi connectivity index (χ2n) is 6.03. The molecule has 9 heteroatoms. The van der Waals surface area contributed by atoms with Crippen LogP contribution >= 0.6 is 0 Å². The van der Waals surface area contributed by atoms with Crippen molar-refractivity contribution in [3.05, 3.63) is 66.0 Å². The highest BCUT2D eigenvalue weighted by atomic mass is 19.4. The predicted molar refractivity (Wildman–Crippen MR) is 89.1 cm³/mol. The fourth-order valence-electron chi connectivity index (χ4n) is 2.79. The lowest BCUT2D eigenvalue weighted by Crippen LogP contribution is -2.96. The van der Waals surface area contributed by atoms with E-state index in [2.05, 4.69) is 9.98 Å². The first-order valence-corrected chi connectivity index (χ1v) is 8.01. The van der Waals surface area contributed by atoms with E-state index in [1.807, 2.05) is 5.32 Å². The molecule has 0 saturated heterocycles. The molecule has 1 aromatic heterocycles. The molecule has 0 spiro atoms. The average Bonchev–Trinajstić information content (AvgIpc) is 2.88. The van der Waals surface area contributed by atoms with Gasteiger partial charge in [0.2, 0.25) is 0 Å². The molecule has 140 valence electrons. The van der Waals surface area contributed by atoms with Crippen LogP contribution < -0.4 is 10.3 Å². The number of benzene rings is 1. The van der Waals surface area contributed by atoms with Gasteiger partial charge in [0.05, 0.1) is 5.56 Å². The van der Waals surface area contributed by atoms with E-state index in [9.17, 15) is 22.8 Å². The van der Waals surface area contributed by atoms with Crippen LogP contribution in [0.4, 0.5) is 13.2 Å². The van der Waals surface area contributed by atoms with Gasteiger partial charge in [-0.3, -0.25) is 15.1 Å². The highest BCUT2D eigenvalue weighted by Crippen LogP contribution is 2.29. The first kappa shape index (κ1) is 18.6. The molecule has 0 aliphatic carbocycles. The van der Waals surface area contributed by atoms with E-state index < -0.39 is 23.7 Å². The third kappa shape index (κ3) is 3.40. The molecule has 0 radical (unpaired) electrons. The van der Waals surface area contributed by atoms with Gasteiger partial charge in [-0.1, -0.05) is 30.3 Å². The van der Waals surface area contributed by atoms with Crippen molar-refractivity contribution in [3.63, 3.8) is 0 Å². The second-order valence-corrected chi connectivity index (χ2v) is 6.03. The number of nitrogens with zero attached hydrogens (tertiary/aromatic N) is 2. The maximum Gasteiger partial charge on any atom is 0.465 e. The molecule has 1 aromatic carbocycles. The highest BCUT2D eigenvalue weighted by Gasteiger charge is 2.71. The van der Waals surface area contributed by atoms with E-state index in [1.54, 1.807) is 30.3 Å². The molecule has 27 heavy (non-hydrogen) atoms. The van der Waals surface area contributed by atoms with Crippen LogP contribution in [-0.4, -0.2) is 39.4 Å². The molecule has 0 fully saturated rings. The summed E-state index contributed by atoms with van der Waals surface area (Å²) in [5.74, 6) is -2.36. The summed E-state index contributed by atoms with van der Waals surface area (Å²) in [6.07, 6.45) is -2.55. The standard InChI is InChI=1S/C18H15F3N4O2/c1-12-23-17(18(19,20)21,24-15(26)14-8-5-9-22-10-14)16(27)25(12)11-13-6-3-2-4-7-13/h2-10H,11H2,1H3,(H,24,26)/p+1/t17-/m1/s1. The Kier molecular flexibility index (Phi) is 4.69. The Morgan fingerprint density at radius 1 is 1.22 bits per heavy atom. The first-order valence-electron chi connectivity index (χ1n) is 8.01. The summed E-state index contributed by atoms with van der Waals surface area (Å²) in [7, 11) is 0. The largest absolute Gasteiger partial charge is 0.465 e. The van der Waals surface area contributed by atoms with Crippen LogP contribution in [0, 0.1) is 0 Å². The van der Waals surface area contributed by atoms with Crippen molar-refractivity contribution in [1.29, 1.82) is 0 Å². The van der Waals surface area contributed by atoms with Gasteiger partial charge in [0.25, 0.3) is 11.7 Å². The lowest BCUT2D eigenvalue weighted by Gasteiger charge is -2.25. The van der Waals surface area contributed by atoms with Gasteiger partial charge >= 0.3 is 17.7 Å². The van der Waals surface area contributed by atoms with Gasteiger partial charge in [-0.25, -0.2) is 9.79 Å². The molecule has 6 nitrogen and oxygen atoms in total. The van der Waals surface area contributed by atoms with Crippen molar-refractivity contribution in [2.24, 2.45) is 0 Å². The molecule has 0 unspecified atom stereocenters. The number of carbonyl (C=O) groups is 2. The molecule has 2 aromatic rings. The van der Waals surface area contributed by atoms with Crippen LogP contribution in [-0.2, 0) is 11.3 Å². The number of hydrogen-bond donors (Lipinski definition) is 2. The number of alkyl halides is 3. The molecule has 0 saturated carbocycles. The van der Waals surface area contributed by atoms with E-state index in [0.29, 0.717) is 5.56 Å². The molecule has 2 amide bonds. The summed E-state index contributed by atoms with van der Waals surface area (Å²) < 4.78 is 41.6. The Hall–Kier alpha value is -3.23. The molecule has 0 bridgehead atoms. The van der Waals surface area contributed by atoms with Gasteiger partial charge in [0.1, 0.15) is 6.54 Å². The minimum Gasteiger partial charge on any atom is -0.293 e. The topological polar surface area (TPSA) is 76.3 Å². The van der Waals surface area contributed by atoms with Crippen molar-refractivity contribution in [2.75, 3.05) is 0 Å². The fraction of sp³-hybridized carbons (Fsp3) is 0.222. The summed E-state index contributed by atoms with van der Waals surface area (Å²) >= 11 is 0. The van der Waals surface area contributed by atoms with E-state index in [-0.39, 0.29) is 17.9 Å². The molecule has 1 atom stereocenters. The van der Waals surface area contributed by atoms with Crippen LogP contribution in [0.2, 0.25) is 0 Å². The monoisotopic (exact) mass is 377 g/mol. The molecule has 1 aliphatic heterocycles. The summed E-state index contributed by atoms with van der Waals surface area (Å²) in [5.41, 5.74) is -2.67. The zero-order valence-electron chi connectivity index (χ0n) is 14.2. The van der Waals surface area contributed by atoms with Gasteiger partial charge < -0.3 is 0 Å². The van der Waals surface area contributed by atoms with Gasteiger partial charge in [0, 0.05) is 19.3 Å². The van der Waals surface area contributed by atoms with Gasteiger partial charge in [-0.05, 0) is 17.7 Å². The van der Waals surface area contributed by atoms with E-state index in [0.717, 1.165) is 11.1 Å². The maximum atomic E-state index is 13.9. The van der Waals surface area contributed by atoms with E-state index in [4.69, 9.17) is 0 Å². The number of amides is 2. The number of rotatable bonds is 4. The third-order valence-corrected chi connectivity index (χ3v) is 4.17. The number of carbonyl (C=O) groups excluding carboxylic acids is 2. The average molecular weight is 377 g/mol. The first-order chi connectivity index (χ1) is 12.7. The van der Waals surface area contributed by atoms with Gasteiger partial charge in [0.15, 0.2) is 0 Å². The molecule has 2 heterocycles. The van der Waals surface area contributed by atoms with Crippen molar-refractivity contribution in [3.8, 4) is 0 Å². The Morgan fingerprint density at radius 2 is 1.93 bits per heavy atom. The maximum absolute atomic E-state index is 13.9. The molecule has 2 N–H and O–H groups in total. The van der Waals surface area contributed by atoms with Crippen molar-refractivity contribution in [2.45, 2.75) is 25.3 Å². The fourth-order valence-corrected chi connectivity index (χ4v) is 2.79. The Labute approximate surface area is 152 Å². The number of amidine groups is 1. The van der Waals surface area contributed by atoms with Crippen LogP contribution in [0.1, 0.15) is 22.8 Å². The van der Waals surface area contributed by atoms with Crippen molar-refractivity contribution >= 4 is 17.6 Å². The van der Waals surface area contributed by atoms with E-state index in [1.165, 1.54) is 25.3 Å². The van der Waals surface area contributed by atoms with Crippen LogP contribution in [0.25, 0.3) is 0 Å². The van der Waals surface area contributed by atoms with Crippen molar-refractivity contribution in [1.82, 2.24) is 15.2 Å². The van der Waals surface area contributed by atoms with E-state index >= 15 is 0 Å². The van der Waals surface area contributed by atoms with Gasteiger partial charge in [-0.2, -0.15) is 18.1 Å². The Bertz CT molecular complexity index is 884. The van der Waals surface area contributed by atoms with Crippen LogP contribution in [0.3, 0.4) is 0 Å². The number of aromatic nitrogens is 1. The molecule has 3 rings (SSSR count). The highest BCUT2D eigenvalue weighted by molar-refractivity contribution is 6.05. The summed E-state index contributed by atoms with van der Waals surface area (Å²) in [6, 6.07) is 11.3. The number of nitrogens with one attached hydrogen (secondary N) is 2. The SMILES string of the molecule is CC1=[NH+][C@](NC(=O)c2cccnc2)(C(F)(F)F)C(=O)N1Cc1ccccc1. The van der Waals surface area contributed by atoms with Crippen LogP contribution in [0.15, 0.2) is 54.9 Å². The predicted octanol–water partition coefficient (Wildman–Crippen LogP) is 0.611. The zero-order valence-corrected chi connectivity index (χ0v) is 14.2. The van der Waals surface area contributed by atoms with Gasteiger partial charge in [-0.15, -0.1) is 0 Å². The molecule has 1 aliphatic rings. The van der Waals surface area contributed by atoms with Crippen molar-refractivity contribution < 1.29 is 27.8 Å². The number of pyridine rings is 1. The normalized spacial score (nSPS) is 19.8. The lowest BCUT2D eigenvalue weighted by molar-refractivity contribution is -0.581. The summed E-state index contributed by atoms with van der Waals surface area (Å²) in [4.78, 5) is 31.9. The second kappa shape index (κ2) is 6.82. The quantitative estimate of drug-likeness (QED) is 0.820. The smallest absolute Gasteiger partial charge is 0.293 e. The summed E-state index contributed by atoms with van der Waals surface area (Å²) in [6.45, 7) is 1.30. The third-order valence-electron chi connectivity index (χ3n) is 4.17. The molecular formula is C18H16F3N4O2+. The Balaban J connectivity index is 1.93. The lowest BCUT2D eigenvalue weighted by atomic mass is 10.1. The Morgan fingerprint density at radius 3 is 2.52 bits per heavy atom. The minimum absolute atomic E-state index is 0.00679. The number of halogens is 3. The van der Waals surface area contributed by atoms with Crippen LogP contribution in [0.5, 0.6) is 0 Å². The zero-order chi connectivity index (χ0) is 19.7. The number of hydrogen-bond acceptors (Lipinski definition) is 3. The minimum atomic E-state index is -5.06.